The number of hydrogen-bond donors (Lipinski definition) is 1. The highest BCUT2D eigenvalue weighted by atomic mass is 19.1. The summed E-state index contributed by atoms with van der Waals surface area (Å²) in [7, 11) is 1.55. The summed E-state index contributed by atoms with van der Waals surface area (Å²) in [5.41, 5.74) is 2.84. The smallest absolute Gasteiger partial charge is 0.258 e. The maximum atomic E-state index is 14.9. The number of carbonyl (C=O) groups is 1. The Bertz CT molecular complexity index is 1470. The van der Waals surface area contributed by atoms with E-state index >= 15 is 0 Å². The summed E-state index contributed by atoms with van der Waals surface area (Å²) < 4.78 is 26.4. The fraction of sp³-hybridized carbons (Fsp3) is 0.290. The Morgan fingerprint density at radius 1 is 1.03 bits per heavy atom. The number of benzene rings is 2. The van der Waals surface area contributed by atoms with Gasteiger partial charge in [0, 0.05) is 18.8 Å². The van der Waals surface area contributed by atoms with E-state index in [9.17, 15) is 9.18 Å². The lowest BCUT2D eigenvalue weighted by Gasteiger charge is -2.23. The molecule has 7 nitrogen and oxygen atoms in total. The van der Waals surface area contributed by atoms with Crippen molar-refractivity contribution in [2.75, 3.05) is 12.4 Å². The number of halogens is 1. The number of methoxy groups -OCH3 is 1. The average Bonchev–Trinajstić information content (AvgIpc) is 2.98. The van der Waals surface area contributed by atoms with E-state index in [2.05, 4.69) is 20.3 Å². The number of aromatic nitrogens is 3. The van der Waals surface area contributed by atoms with Gasteiger partial charge in [-0.2, -0.15) is 0 Å². The minimum absolute atomic E-state index is 0.148. The van der Waals surface area contributed by atoms with Crippen LogP contribution in [0.3, 0.4) is 0 Å². The third-order valence-corrected chi connectivity index (χ3v) is 7.01. The van der Waals surface area contributed by atoms with E-state index in [4.69, 9.17) is 9.47 Å². The normalized spacial score (nSPS) is 13.6. The molecule has 200 valence electrons. The van der Waals surface area contributed by atoms with Crippen LogP contribution in [0.15, 0.2) is 67.0 Å². The van der Waals surface area contributed by atoms with Crippen LogP contribution in [0.1, 0.15) is 66.7 Å². The number of carbonyl (C=O) groups excluding carboxylic acids is 1. The Kier molecular flexibility index (Phi) is 8.10. The largest absolute Gasteiger partial charge is 0.495 e. The molecule has 2 heterocycles. The van der Waals surface area contributed by atoms with Crippen LogP contribution in [0, 0.1) is 5.82 Å². The zero-order valence-electron chi connectivity index (χ0n) is 22.1. The highest BCUT2D eigenvalue weighted by molar-refractivity contribution is 6.05. The number of nitrogens with one attached hydrogen (secondary N) is 1. The quantitative estimate of drug-likeness (QED) is 0.258. The van der Waals surface area contributed by atoms with Crippen molar-refractivity contribution in [3.05, 3.63) is 89.8 Å². The molecule has 8 heteroatoms. The van der Waals surface area contributed by atoms with Gasteiger partial charge in [0.25, 0.3) is 5.91 Å². The maximum absolute atomic E-state index is 14.9. The van der Waals surface area contributed by atoms with Crippen molar-refractivity contribution in [3.63, 3.8) is 0 Å². The molecule has 5 rings (SSSR count). The molecule has 1 aliphatic carbocycles. The fourth-order valence-corrected chi connectivity index (χ4v) is 4.94. The molecule has 0 spiro atoms. The lowest BCUT2D eigenvalue weighted by molar-refractivity contribution is 0.102. The minimum Gasteiger partial charge on any atom is -0.495 e. The van der Waals surface area contributed by atoms with Gasteiger partial charge >= 0.3 is 0 Å². The number of rotatable bonds is 8. The summed E-state index contributed by atoms with van der Waals surface area (Å²) in [5, 5.41) is 2.85. The van der Waals surface area contributed by atoms with Crippen molar-refractivity contribution >= 4 is 11.6 Å². The number of aryl methyl sites for hydroxylation is 1. The van der Waals surface area contributed by atoms with Crippen molar-refractivity contribution in [2.45, 2.75) is 51.4 Å². The molecule has 0 saturated heterocycles. The van der Waals surface area contributed by atoms with Crippen LogP contribution >= 0.6 is 0 Å². The van der Waals surface area contributed by atoms with E-state index < -0.39 is 11.7 Å². The van der Waals surface area contributed by atoms with Crippen molar-refractivity contribution in [1.82, 2.24) is 15.0 Å². The lowest BCUT2D eigenvalue weighted by atomic mass is 9.84. The van der Waals surface area contributed by atoms with E-state index in [1.54, 1.807) is 31.6 Å². The zero-order valence-corrected chi connectivity index (χ0v) is 22.1. The van der Waals surface area contributed by atoms with Crippen LogP contribution in [-0.2, 0) is 6.42 Å². The minimum atomic E-state index is -0.660. The summed E-state index contributed by atoms with van der Waals surface area (Å²) in [6.45, 7) is 1.98. The first-order valence-electron chi connectivity index (χ1n) is 13.3. The predicted octanol–water partition coefficient (Wildman–Crippen LogP) is 7.34. The Hall–Kier alpha value is -4.33. The zero-order chi connectivity index (χ0) is 27.2. The van der Waals surface area contributed by atoms with Crippen molar-refractivity contribution in [2.24, 2.45) is 0 Å². The number of pyridine rings is 1. The average molecular weight is 527 g/mol. The summed E-state index contributed by atoms with van der Waals surface area (Å²) in [6, 6.07) is 15.3. The summed E-state index contributed by atoms with van der Waals surface area (Å²) in [5.74, 6) is 0.974. The van der Waals surface area contributed by atoms with Gasteiger partial charge in [0.2, 0.25) is 5.88 Å². The monoisotopic (exact) mass is 526 g/mol. The van der Waals surface area contributed by atoms with Gasteiger partial charge in [0.15, 0.2) is 0 Å². The third kappa shape index (κ3) is 6.06. The molecule has 1 amide bonds. The summed E-state index contributed by atoms with van der Waals surface area (Å²) >= 11 is 0. The number of anilines is 1. The topological polar surface area (TPSA) is 86.2 Å². The molecular formula is C31H31FN4O3. The Morgan fingerprint density at radius 2 is 1.87 bits per heavy atom. The molecule has 2 aromatic heterocycles. The second-order valence-corrected chi connectivity index (χ2v) is 9.56. The predicted molar refractivity (Wildman–Crippen MR) is 148 cm³/mol. The molecule has 0 bridgehead atoms. The number of nitrogens with zero attached hydrogens (tertiary/aromatic N) is 3. The van der Waals surface area contributed by atoms with Crippen LogP contribution < -0.4 is 14.8 Å². The molecule has 2 aromatic carbocycles. The van der Waals surface area contributed by atoms with E-state index in [0.29, 0.717) is 40.9 Å². The van der Waals surface area contributed by atoms with Gasteiger partial charge in [-0.3, -0.25) is 4.79 Å². The molecule has 0 aliphatic heterocycles. The molecule has 1 N–H and O–H groups in total. The first-order chi connectivity index (χ1) is 19.1. The molecule has 0 atom stereocenters. The van der Waals surface area contributed by atoms with Gasteiger partial charge in [-0.15, -0.1) is 0 Å². The van der Waals surface area contributed by atoms with Crippen molar-refractivity contribution in [3.8, 4) is 28.6 Å². The standard InChI is InChI=1S/C31H31FN4O3/c1-3-29-33-17-15-26(35-29)23-10-7-16-34-31(23)39-22-12-13-25(32)24(19-22)30(37)36-27-18-21(11-14-28(27)38-2)20-8-5-4-6-9-20/h7,10-20H,3-6,8-9H2,1-2H3,(H,36,37). The molecule has 1 fully saturated rings. The molecule has 4 aromatic rings. The van der Waals surface area contributed by atoms with Gasteiger partial charge in [-0.05, 0) is 72.9 Å². The second-order valence-electron chi connectivity index (χ2n) is 9.56. The van der Waals surface area contributed by atoms with E-state index in [1.807, 2.05) is 31.2 Å². The molecule has 1 saturated carbocycles. The van der Waals surface area contributed by atoms with Crippen molar-refractivity contribution < 1.29 is 18.7 Å². The summed E-state index contributed by atoms with van der Waals surface area (Å²) in [6.07, 6.45) is 9.88. The SMILES string of the molecule is CCc1nccc(-c2cccnc2Oc2ccc(F)c(C(=O)Nc3cc(C4CCCCC4)ccc3OC)c2)n1. The third-order valence-electron chi connectivity index (χ3n) is 7.01. The van der Waals surface area contributed by atoms with Crippen LogP contribution in [0.4, 0.5) is 10.1 Å². The van der Waals surface area contributed by atoms with Crippen LogP contribution in [0.5, 0.6) is 17.4 Å². The first-order valence-corrected chi connectivity index (χ1v) is 13.3. The highest BCUT2D eigenvalue weighted by Gasteiger charge is 2.20. The molecule has 0 unspecified atom stereocenters. The van der Waals surface area contributed by atoms with Crippen molar-refractivity contribution in [1.29, 1.82) is 0 Å². The van der Waals surface area contributed by atoms with E-state index in [0.717, 1.165) is 18.4 Å². The Labute approximate surface area is 227 Å². The Morgan fingerprint density at radius 3 is 2.67 bits per heavy atom. The molecule has 1 aliphatic rings. The summed E-state index contributed by atoms with van der Waals surface area (Å²) in [4.78, 5) is 26.4. The number of amides is 1. The number of ether oxygens (including phenoxy) is 2. The lowest BCUT2D eigenvalue weighted by Crippen LogP contribution is -2.15. The molecule has 39 heavy (non-hydrogen) atoms. The molecular weight excluding hydrogens is 495 g/mol. The van der Waals surface area contributed by atoms with Crippen LogP contribution in [-0.4, -0.2) is 28.0 Å². The Balaban J connectivity index is 1.40. The fourth-order valence-electron chi connectivity index (χ4n) is 4.94. The second kappa shape index (κ2) is 12.0. The van der Waals surface area contributed by atoms with Gasteiger partial charge < -0.3 is 14.8 Å². The highest BCUT2D eigenvalue weighted by Crippen LogP contribution is 2.37. The van der Waals surface area contributed by atoms with Crippen LogP contribution in [0.25, 0.3) is 11.3 Å². The van der Waals surface area contributed by atoms with Crippen LogP contribution in [0.2, 0.25) is 0 Å². The van der Waals surface area contributed by atoms with E-state index in [-0.39, 0.29) is 17.2 Å². The first kappa shape index (κ1) is 26.3. The number of hydrogen-bond acceptors (Lipinski definition) is 6. The molecule has 0 radical (unpaired) electrons. The van der Waals surface area contributed by atoms with E-state index in [1.165, 1.54) is 37.5 Å². The van der Waals surface area contributed by atoms with Gasteiger partial charge in [0.05, 0.1) is 29.6 Å². The van der Waals surface area contributed by atoms with Gasteiger partial charge in [0.1, 0.15) is 23.1 Å². The van der Waals surface area contributed by atoms with Gasteiger partial charge in [-0.1, -0.05) is 32.3 Å². The van der Waals surface area contributed by atoms with Gasteiger partial charge in [-0.25, -0.2) is 19.3 Å². The maximum Gasteiger partial charge on any atom is 0.258 e.